The minimum absolute atomic E-state index is 0.0245. The zero-order chi connectivity index (χ0) is 18.0. The van der Waals surface area contributed by atoms with Crippen molar-refractivity contribution in [2.45, 2.75) is 0 Å². The maximum absolute atomic E-state index is 13.0. The van der Waals surface area contributed by atoms with Crippen LogP contribution in [-0.2, 0) is 0 Å². The highest BCUT2D eigenvalue weighted by atomic mass is 79.9. The number of halogens is 1. The Bertz CT molecular complexity index is 891. The maximum Gasteiger partial charge on any atom is 0.270 e. The fraction of sp³-hybridized carbons (Fsp3) is 0.294. The van der Waals surface area contributed by atoms with Crippen LogP contribution in [0.15, 0.2) is 34.1 Å². The molecule has 25 heavy (non-hydrogen) atoms. The molecule has 0 aliphatic rings. The van der Waals surface area contributed by atoms with Gasteiger partial charge in [-0.3, -0.25) is 9.69 Å². The largest absolute Gasteiger partial charge is 0.497 e. The summed E-state index contributed by atoms with van der Waals surface area (Å²) in [6.45, 7) is 1.34. The number of hydrogen-bond donors (Lipinski definition) is 0. The predicted molar refractivity (Wildman–Crippen MR) is 108 cm³/mol. The van der Waals surface area contributed by atoms with E-state index in [1.807, 2.05) is 44.4 Å². The molecule has 2 aromatic heterocycles. The number of methoxy groups -OCH3 is 1. The summed E-state index contributed by atoms with van der Waals surface area (Å²) >= 11 is 6.36. The van der Waals surface area contributed by atoms with Crippen molar-refractivity contribution in [3.05, 3.63) is 39.0 Å². The van der Waals surface area contributed by atoms with Gasteiger partial charge in [0.05, 0.1) is 26.0 Å². The average Bonchev–Trinajstić information content (AvgIpc) is 3.19. The first-order valence-corrected chi connectivity index (χ1v) is 10.1. The van der Waals surface area contributed by atoms with E-state index in [9.17, 15) is 4.79 Å². The number of benzene rings is 1. The quantitative estimate of drug-likeness (QED) is 0.572. The van der Waals surface area contributed by atoms with Gasteiger partial charge in [0.1, 0.15) is 5.75 Å². The number of carbonyl (C=O) groups is 1. The fourth-order valence-corrected chi connectivity index (χ4v) is 4.64. The lowest BCUT2D eigenvalue weighted by Gasteiger charge is -2.21. The number of thiazole rings is 1. The Morgan fingerprint density at radius 3 is 2.64 bits per heavy atom. The number of likely N-dealkylation sites (N-methyl/N-ethyl adjacent to an activating group) is 1. The van der Waals surface area contributed by atoms with Crippen LogP contribution in [0.1, 0.15) is 9.67 Å². The summed E-state index contributed by atoms with van der Waals surface area (Å²) in [4.78, 5) is 22.2. The molecule has 0 unspecified atom stereocenters. The Labute approximate surface area is 163 Å². The van der Waals surface area contributed by atoms with Gasteiger partial charge in [0, 0.05) is 13.1 Å². The average molecular weight is 440 g/mol. The van der Waals surface area contributed by atoms with Crippen LogP contribution in [0, 0.1) is 0 Å². The number of thiophene rings is 1. The van der Waals surface area contributed by atoms with Crippen molar-refractivity contribution >= 4 is 59.9 Å². The number of carbonyl (C=O) groups excluding carboxylic acids is 1. The lowest BCUT2D eigenvalue weighted by molar-refractivity contribution is 0.0989. The molecule has 0 aliphatic heterocycles. The van der Waals surface area contributed by atoms with Gasteiger partial charge in [-0.15, -0.1) is 11.3 Å². The zero-order valence-corrected chi connectivity index (χ0v) is 17.4. The summed E-state index contributed by atoms with van der Waals surface area (Å²) in [7, 11) is 5.63. The molecule has 5 nitrogen and oxygen atoms in total. The summed E-state index contributed by atoms with van der Waals surface area (Å²) in [6, 6.07) is 9.49. The highest BCUT2D eigenvalue weighted by Crippen LogP contribution is 2.33. The smallest absolute Gasteiger partial charge is 0.270 e. The number of amides is 1. The molecule has 3 aromatic rings. The molecule has 0 radical (unpaired) electrons. The molecule has 0 saturated heterocycles. The van der Waals surface area contributed by atoms with Gasteiger partial charge in [-0.1, -0.05) is 11.3 Å². The monoisotopic (exact) mass is 439 g/mol. The Morgan fingerprint density at radius 1 is 1.20 bits per heavy atom. The zero-order valence-electron chi connectivity index (χ0n) is 14.2. The fourth-order valence-electron chi connectivity index (χ4n) is 2.28. The molecule has 0 N–H and O–H groups in total. The maximum atomic E-state index is 13.0. The second-order valence-corrected chi connectivity index (χ2v) is 9.17. The van der Waals surface area contributed by atoms with E-state index in [1.54, 1.807) is 12.0 Å². The molecule has 132 valence electrons. The standard InChI is InChI=1S/C17H18BrN3O2S2/c1-20(2)8-9-21(16(22)13-6-7-15(18)24-13)17-19-12-5-4-11(23-3)10-14(12)25-17/h4-7,10H,8-9H2,1-3H3. The van der Waals surface area contributed by atoms with Crippen LogP contribution in [0.4, 0.5) is 5.13 Å². The van der Waals surface area contributed by atoms with E-state index in [-0.39, 0.29) is 5.91 Å². The molecule has 3 rings (SSSR count). The van der Waals surface area contributed by atoms with E-state index in [0.717, 1.165) is 26.3 Å². The van der Waals surface area contributed by atoms with Crippen molar-refractivity contribution in [1.29, 1.82) is 0 Å². The van der Waals surface area contributed by atoms with Gasteiger partial charge in [-0.05, 0) is 60.4 Å². The van der Waals surface area contributed by atoms with E-state index in [1.165, 1.54) is 22.7 Å². The lowest BCUT2D eigenvalue weighted by atomic mass is 10.3. The number of anilines is 1. The highest BCUT2D eigenvalue weighted by Gasteiger charge is 2.22. The molecule has 0 atom stereocenters. The number of ether oxygens (including phenoxy) is 1. The van der Waals surface area contributed by atoms with E-state index >= 15 is 0 Å². The van der Waals surface area contributed by atoms with Gasteiger partial charge in [-0.2, -0.15) is 0 Å². The van der Waals surface area contributed by atoms with Crippen LogP contribution in [-0.4, -0.2) is 50.1 Å². The van der Waals surface area contributed by atoms with Crippen molar-refractivity contribution in [3.63, 3.8) is 0 Å². The summed E-state index contributed by atoms with van der Waals surface area (Å²) in [5.41, 5.74) is 0.871. The van der Waals surface area contributed by atoms with Crippen LogP contribution in [0.3, 0.4) is 0 Å². The Hall–Kier alpha value is -1.48. The van der Waals surface area contributed by atoms with Crippen LogP contribution in [0.25, 0.3) is 10.2 Å². The Kier molecular flexibility index (Phi) is 5.73. The third-order valence-corrected chi connectivity index (χ3v) is 6.27. The first kappa shape index (κ1) is 18.3. The first-order chi connectivity index (χ1) is 12.0. The molecular weight excluding hydrogens is 422 g/mol. The van der Waals surface area contributed by atoms with Crippen LogP contribution in [0.2, 0.25) is 0 Å². The summed E-state index contributed by atoms with van der Waals surface area (Å²) in [5, 5.41) is 0.708. The molecular formula is C17H18BrN3O2S2. The summed E-state index contributed by atoms with van der Waals surface area (Å²) in [6.07, 6.45) is 0. The molecule has 0 aliphatic carbocycles. The SMILES string of the molecule is COc1ccc2nc(N(CCN(C)C)C(=O)c3ccc(Br)s3)sc2c1. The number of rotatable bonds is 6. The van der Waals surface area contributed by atoms with E-state index in [2.05, 4.69) is 25.8 Å². The number of hydrogen-bond acceptors (Lipinski definition) is 6. The minimum atomic E-state index is -0.0245. The third-order valence-electron chi connectivity index (χ3n) is 3.62. The van der Waals surface area contributed by atoms with Crippen LogP contribution < -0.4 is 9.64 Å². The van der Waals surface area contributed by atoms with Crippen molar-refractivity contribution < 1.29 is 9.53 Å². The molecule has 0 bridgehead atoms. The van der Waals surface area contributed by atoms with E-state index in [0.29, 0.717) is 16.6 Å². The molecule has 2 heterocycles. The van der Waals surface area contributed by atoms with Gasteiger partial charge in [0.25, 0.3) is 5.91 Å². The summed E-state index contributed by atoms with van der Waals surface area (Å²) < 4.78 is 7.22. The predicted octanol–water partition coefficient (Wildman–Crippen LogP) is 4.34. The third kappa shape index (κ3) is 4.20. The van der Waals surface area contributed by atoms with Crippen molar-refractivity contribution in [1.82, 2.24) is 9.88 Å². The van der Waals surface area contributed by atoms with Crippen molar-refractivity contribution in [3.8, 4) is 5.75 Å². The summed E-state index contributed by atoms with van der Waals surface area (Å²) in [5.74, 6) is 0.764. The Balaban J connectivity index is 1.97. The van der Waals surface area contributed by atoms with Gasteiger partial charge < -0.3 is 9.64 Å². The number of aromatic nitrogens is 1. The molecule has 0 fully saturated rings. The van der Waals surface area contributed by atoms with Crippen molar-refractivity contribution in [2.75, 3.05) is 39.2 Å². The van der Waals surface area contributed by atoms with Crippen LogP contribution >= 0.6 is 38.6 Å². The van der Waals surface area contributed by atoms with E-state index < -0.39 is 0 Å². The van der Waals surface area contributed by atoms with Gasteiger partial charge >= 0.3 is 0 Å². The van der Waals surface area contributed by atoms with Crippen LogP contribution in [0.5, 0.6) is 5.75 Å². The number of nitrogens with zero attached hydrogens (tertiary/aromatic N) is 3. The minimum Gasteiger partial charge on any atom is -0.497 e. The molecule has 8 heteroatoms. The van der Waals surface area contributed by atoms with E-state index in [4.69, 9.17) is 4.74 Å². The lowest BCUT2D eigenvalue weighted by Crippen LogP contribution is -2.36. The normalized spacial score (nSPS) is 11.2. The second-order valence-electron chi connectivity index (χ2n) is 5.69. The number of fused-ring (bicyclic) bond motifs is 1. The van der Waals surface area contributed by atoms with Gasteiger partial charge in [0.2, 0.25) is 0 Å². The molecule has 0 saturated carbocycles. The topological polar surface area (TPSA) is 45.7 Å². The molecule has 1 aromatic carbocycles. The Morgan fingerprint density at radius 2 is 2.00 bits per heavy atom. The van der Waals surface area contributed by atoms with Crippen molar-refractivity contribution in [2.24, 2.45) is 0 Å². The van der Waals surface area contributed by atoms with Gasteiger partial charge in [-0.25, -0.2) is 4.98 Å². The van der Waals surface area contributed by atoms with Gasteiger partial charge in [0.15, 0.2) is 5.13 Å². The molecule has 1 amide bonds. The first-order valence-electron chi connectivity index (χ1n) is 7.64. The molecule has 0 spiro atoms. The second kappa shape index (κ2) is 7.82. The highest BCUT2D eigenvalue weighted by molar-refractivity contribution is 9.11.